The molecule has 0 bridgehead atoms. The largest absolute Gasteiger partial charge is 0.322 e. The van der Waals surface area contributed by atoms with Crippen LogP contribution in [0.15, 0.2) is 30.3 Å². The van der Waals surface area contributed by atoms with Gasteiger partial charge < -0.3 is 5.32 Å². The van der Waals surface area contributed by atoms with E-state index in [2.05, 4.69) is 16.4 Å². The predicted molar refractivity (Wildman–Crippen MR) is 85.3 cm³/mol. The number of benzene rings is 1. The molecule has 1 heterocycles. The Bertz CT molecular complexity index is 680. The molecule has 108 valence electrons. The Morgan fingerprint density at radius 3 is 2.57 bits per heavy atom. The third-order valence-corrected chi connectivity index (χ3v) is 4.06. The highest BCUT2D eigenvalue weighted by atomic mass is 35.5. The molecule has 3 nitrogen and oxygen atoms in total. The number of aromatic nitrogens is 1. The van der Waals surface area contributed by atoms with E-state index in [0.29, 0.717) is 5.56 Å². The summed E-state index contributed by atoms with van der Waals surface area (Å²) in [4.78, 5) is 16.2. The van der Waals surface area contributed by atoms with Crippen molar-refractivity contribution in [3.05, 3.63) is 57.3 Å². The molecule has 1 aliphatic rings. The van der Waals surface area contributed by atoms with Crippen molar-refractivity contribution in [1.29, 1.82) is 0 Å². The fraction of sp³-hybridized carbons (Fsp3) is 0.250. The summed E-state index contributed by atoms with van der Waals surface area (Å²) in [5, 5.41) is 3.38. The average Bonchev–Trinajstić information content (AvgIpc) is 2.46. The summed E-state index contributed by atoms with van der Waals surface area (Å²) in [6, 6.07) is 9.07. The minimum atomic E-state index is -0.222. The number of nitrogens with one attached hydrogen (secondary N) is 1. The first-order valence-electron chi connectivity index (χ1n) is 6.89. The molecule has 0 saturated carbocycles. The van der Waals surface area contributed by atoms with Gasteiger partial charge in [0.2, 0.25) is 0 Å². The summed E-state index contributed by atoms with van der Waals surface area (Å²) in [5.41, 5.74) is 3.85. The number of rotatable bonds is 2. The van der Waals surface area contributed by atoms with Crippen molar-refractivity contribution in [1.82, 2.24) is 4.98 Å². The molecule has 1 N–H and O–H groups in total. The van der Waals surface area contributed by atoms with Gasteiger partial charge in [-0.25, -0.2) is 4.98 Å². The van der Waals surface area contributed by atoms with E-state index in [1.54, 1.807) is 0 Å². The Kier molecular flexibility index (Phi) is 4.13. The molecule has 2 aromatic rings. The summed E-state index contributed by atoms with van der Waals surface area (Å²) in [5.74, 6) is -0.222. The Labute approximate surface area is 133 Å². The topological polar surface area (TPSA) is 42.0 Å². The maximum Gasteiger partial charge on any atom is 0.255 e. The van der Waals surface area contributed by atoms with Crippen molar-refractivity contribution in [2.45, 2.75) is 25.7 Å². The molecule has 0 fully saturated rings. The smallest absolute Gasteiger partial charge is 0.255 e. The lowest BCUT2D eigenvalue weighted by Gasteiger charge is -2.19. The molecule has 1 aliphatic carbocycles. The molecule has 1 aromatic carbocycles. The third-order valence-electron chi connectivity index (χ3n) is 3.67. The summed E-state index contributed by atoms with van der Waals surface area (Å²) in [6.07, 6.45) is 4.45. The van der Waals surface area contributed by atoms with Gasteiger partial charge in [-0.1, -0.05) is 35.3 Å². The molecule has 3 rings (SSSR count). The Morgan fingerprint density at radius 1 is 1.10 bits per heavy atom. The highest BCUT2D eigenvalue weighted by Gasteiger charge is 2.15. The van der Waals surface area contributed by atoms with E-state index in [9.17, 15) is 4.79 Å². The van der Waals surface area contributed by atoms with Crippen LogP contribution in [-0.2, 0) is 12.8 Å². The highest BCUT2D eigenvalue weighted by Crippen LogP contribution is 2.28. The van der Waals surface area contributed by atoms with E-state index in [4.69, 9.17) is 23.2 Å². The number of fused-ring (bicyclic) bond motifs is 1. The fourth-order valence-corrected chi connectivity index (χ4v) is 3.15. The average molecular weight is 321 g/mol. The van der Waals surface area contributed by atoms with Crippen LogP contribution in [0.2, 0.25) is 10.3 Å². The minimum Gasteiger partial charge on any atom is -0.322 e. The molecule has 0 radical (unpaired) electrons. The molecular formula is C16H14Cl2N2O. The minimum absolute atomic E-state index is 0.211. The number of anilines is 1. The van der Waals surface area contributed by atoms with E-state index in [0.717, 1.165) is 24.9 Å². The van der Waals surface area contributed by atoms with Crippen molar-refractivity contribution >= 4 is 34.8 Å². The van der Waals surface area contributed by atoms with Crippen LogP contribution in [0.3, 0.4) is 0 Å². The van der Waals surface area contributed by atoms with E-state index in [1.807, 2.05) is 12.1 Å². The van der Waals surface area contributed by atoms with Crippen LogP contribution in [0, 0.1) is 0 Å². The summed E-state index contributed by atoms with van der Waals surface area (Å²) in [6.45, 7) is 0. The van der Waals surface area contributed by atoms with Gasteiger partial charge >= 0.3 is 0 Å². The van der Waals surface area contributed by atoms with Crippen LogP contribution >= 0.6 is 23.2 Å². The monoisotopic (exact) mass is 320 g/mol. The molecule has 1 aromatic heterocycles. The van der Waals surface area contributed by atoms with Crippen molar-refractivity contribution < 1.29 is 4.79 Å². The van der Waals surface area contributed by atoms with Crippen LogP contribution in [-0.4, -0.2) is 10.9 Å². The normalized spacial score (nSPS) is 13.6. The van der Waals surface area contributed by atoms with Gasteiger partial charge in [-0.2, -0.15) is 0 Å². The Hall–Kier alpha value is -1.58. The molecule has 1 amide bonds. The number of nitrogens with zero attached hydrogens (tertiary/aromatic N) is 1. The number of hydrogen-bond donors (Lipinski definition) is 1. The maximum atomic E-state index is 12.3. The van der Waals surface area contributed by atoms with Crippen molar-refractivity contribution in [2.24, 2.45) is 0 Å². The van der Waals surface area contributed by atoms with Crippen LogP contribution in [0.5, 0.6) is 0 Å². The van der Waals surface area contributed by atoms with Gasteiger partial charge in [0.1, 0.15) is 10.3 Å². The number of carbonyl (C=O) groups is 1. The molecule has 0 unspecified atom stereocenters. The molecule has 0 atom stereocenters. The van der Waals surface area contributed by atoms with E-state index in [1.165, 1.54) is 29.7 Å². The van der Waals surface area contributed by atoms with E-state index < -0.39 is 0 Å². The Morgan fingerprint density at radius 2 is 1.81 bits per heavy atom. The van der Waals surface area contributed by atoms with E-state index in [-0.39, 0.29) is 16.2 Å². The predicted octanol–water partition coefficient (Wildman–Crippen LogP) is 4.52. The zero-order valence-electron chi connectivity index (χ0n) is 11.3. The first-order chi connectivity index (χ1) is 10.1. The fourth-order valence-electron chi connectivity index (χ4n) is 2.69. The highest BCUT2D eigenvalue weighted by molar-refractivity contribution is 6.33. The van der Waals surface area contributed by atoms with Crippen LogP contribution in [0.4, 0.5) is 5.69 Å². The second kappa shape index (κ2) is 6.04. The molecule has 0 spiro atoms. The molecular weight excluding hydrogens is 307 g/mol. The lowest BCUT2D eigenvalue weighted by Crippen LogP contribution is -2.15. The van der Waals surface area contributed by atoms with Gasteiger partial charge in [-0.05, 0) is 55.0 Å². The first-order valence-corrected chi connectivity index (χ1v) is 7.64. The number of aryl methyl sites for hydroxylation is 1. The lowest BCUT2D eigenvalue weighted by atomic mass is 9.90. The van der Waals surface area contributed by atoms with Gasteiger partial charge in [-0.3, -0.25) is 4.79 Å². The molecule has 0 aliphatic heterocycles. The number of carbonyl (C=O) groups excluding carboxylic acids is 1. The van der Waals surface area contributed by atoms with Crippen molar-refractivity contribution in [3.63, 3.8) is 0 Å². The van der Waals surface area contributed by atoms with Crippen molar-refractivity contribution in [2.75, 3.05) is 5.32 Å². The van der Waals surface area contributed by atoms with Gasteiger partial charge in [0.15, 0.2) is 0 Å². The lowest BCUT2D eigenvalue weighted by molar-refractivity contribution is 0.102. The van der Waals surface area contributed by atoms with Crippen LogP contribution in [0.25, 0.3) is 0 Å². The summed E-state index contributed by atoms with van der Waals surface area (Å²) in [7, 11) is 0. The molecule has 0 saturated heterocycles. The number of amides is 1. The second-order valence-corrected chi connectivity index (χ2v) is 5.88. The van der Waals surface area contributed by atoms with Gasteiger partial charge in [0, 0.05) is 11.3 Å². The van der Waals surface area contributed by atoms with E-state index >= 15 is 0 Å². The zero-order chi connectivity index (χ0) is 14.8. The number of halogens is 2. The van der Waals surface area contributed by atoms with Crippen LogP contribution in [0.1, 0.15) is 34.3 Å². The zero-order valence-corrected chi connectivity index (χ0v) is 12.8. The number of pyridine rings is 1. The van der Waals surface area contributed by atoms with Crippen LogP contribution < -0.4 is 5.32 Å². The van der Waals surface area contributed by atoms with Gasteiger partial charge in [0.25, 0.3) is 5.91 Å². The first kappa shape index (κ1) is 14.4. The SMILES string of the molecule is O=C(Nc1cccc2c1CCCC2)c1cc(Cl)nc(Cl)c1. The second-order valence-electron chi connectivity index (χ2n) is 5.11. The van der Waals surface area contributed by atoms with Gasteiger partial charge in [-0.15, -0.1) is 0 Å². The standard InChI is InChI=1S/C16H14Cl2N2O/c17-14-8-11(9-15(18)20-14)16(21)19-13-7-3-5-10-4-1-2-6-12(10)13/h3,5,7-9H,1-2,4,6H2,(H,19,21). The maximum absolute atomic E-state index is 12.3. The Balaban J connectivity index is 1.88. The summed E-state index contributed by atoms with van der Waals surface area (Å²) >= 11 is 11.7. The van der Waals surface area contributed by atoms with Crippen molar-refractivity contribution in [3.8, 4) is 0 Å². The quantitative estimate of drug-likeness (QED) is 0.826. The molecule has 21 heavy (non-hydrogen) atoms. The third kappa shape index (κ3) is 3.20. The number of hydrogen-bond acceptors (Lipinski definition) is 2. The van der Waals surface area contributed by atoms with Gasteiger partial charge in [0.05, 0.1) is 0 Å². The molecule has 5 heteroatoms. The summed E-state index contributed by atoms with van der Waals surface area (Å²) < 4.78 is 0.